The number of aromatic nitrogens is 2. The van der Waals surface area contributed by atoms with Crippen molar-refractivity contribution in [3.8, 4) is 0 Å². The molecule has 9 nitrogen and oxygen atoms in total. The highest BCUT2D eigenvalue weighted by molar-refractivity contribution is 5.67. The Morgan fingerprint density at radius 3 is 3.05 bits per heavy atom. The van der Waals surface area contributed by atoms with Gasteiger partial charge in [-0.15, -0.1) is 0 Å². The molecule has 19 heavy (non-hydrogen) atoms. The van der Waals surface area contributed by atoms with Crippen LogP contribution in [-0.4, -0.2) is 47.4 Å². The van der Waals surface area contributed by atoms with Gasteiger partial charge in [0.25, 0.3) is 0 Å². The molecule has 2 rings (SSSR count). The number of anilines is 2. The Labute approximate surface area is 109 Å². The second kappa shape index (κ2) is 5.33. The number of hydrogen-bond acceptors (Lipinski definition) is 8. The summed E-state index contributed by atoms with van der Waals surface area (Å²) in [5.41, 5.74) is 4.66. The molecular weight excluding hydrogens is 254 g/mol. The van der Waals surface area contributed by atoms with Crippen molar-refractivity contribution in [3.63, 3.8) is 0 Å². The minimum absolute atomic E-state index is 0.0841. The molecule has 1 saturated heterocycles. The van der Waals surface area contributed by atoms with Gasteiger partial charge in [-0.1, -0.05) is 0 Å². The van der Waals surface area contributed by atoms with E-state index < -0.39 is 10.5 Å². The van der Waals surface area contributed by atoms with Gasteiger partial charge in [0.15, 0.2) is 0 Å². The van der Waals surface area contributed by atoms with Crippen LogP contribution in [0.5, 0.6) is 0 Å². The Hall–Kier alpha value is -2.00. The lowest BCUT2D eigenvalue weighted by Crippen LogP contribution is -2.39. The number of nitro groups is 1. The number of nitrogens with two attached hydrogens (primary N) is 1. The number of nitrogens with zero attached hydrogens (tertiary/aromatic N) is 3. The average molecular weight is 269 g/mol. The van der Waals surface area contributed by atoms with Crippen LogP contribution in [0.15, 0.2) is 6.33 Å². The number of rotatable bonds is 5. The Kier molecular flexibility index (Phi) is 3.76. The summed E-state index contributed by atoms with van der Waals surface area (Å²) in [5.74, 6) is -0.0857. The highest BCUT2D eigenvalue weighted by Crippen LogP contribution is 2.28. The first-order valence-electron chi connectivity index (χ1n) is 5.69. The van der Waals surface area contributed by atoms with Crippen LogP contribution in [-0.2, 0) is 9.47 Å². The SMILES string of the molecule is COC1(CNc2ncnc(N)c2[N+](=O)[O-])CCOC1. The van der Waals surface area contributed by atoms with Gasteiger partial charge in [-0.05, 0) is 0 Å². The molecule has 1 atom stereocenters. The van der Waals surface area contributed by atoms with Crippen LogP contribution in [0.25, 0.3) is 0 Å². The lowest BCUT2D eigenvalue weighted by Gasteiger charge is -2.25. The topological polar surface area (TPSA) is 125 Å². The highest BCUT2D eigenvalue weighted by Gasteiger charge is 2.35. The van der Waals surface area contributed by atoms with E-state index in [0.29, 0.717) is 26.2 Å². The fraction of sp³-hybridized carbons (Fsp3) is 0.600. The van der Waals surface area contributed by atoms with E-state index in [-0.39, 0.29) is 17.3 Å². The third-order valence-corrected chi connectivity index (χ3v) is 3.11. The minimum Gasteiger partial charge on any atom is -0.378 e. The molecule has 0 bridgehead atoms. The van der Waals surface area contributed by atoms with Crippen molar-refractivity contribution in [3.05, 3.63) is 16.4 Å². The molecule has 0 saturated carbocycles. The zero-order valence-electron chi connectivity index (χ0n) is 10.5. The number of methoxy groups -OCH3 is 1. The number of nitrogens with one attached hydrogen (secondary N) is 1. The molecule has 3 N–H and O–H groups in total. The Balaban J connectivity index is 2.15. The van der Waals surface area contributed by atoms with Crippen LogP contribution in [0.4, 0.5) is 17.3 Å². The lowest BCUT2D eigenvalue weighted by molar-refractivity contribution is -0.383. The van der Waals surface area contributed by atoms with Gasteiger partial charge in [-0.2, -0.15) is 0 Å². The third-order valence-electron chi connectivity index (χ3n) is 3.11. The van der Waals surface area contributed by atoms with Gasteiger partial charge in [-0.25, -0.2) is 9.97 Å². The number of nitrogen functional groups attached to an aromatic ring is 1. The van der Waals surface area contributed by atoms with Crippen molar-refractivity contribution in [2.45, 2.75) is 12.0 Å². The normalized spacial score (nSPS) is 22.4. The maximum Gasteiger partial charge on any atom is 0.352 e. The molecule has 1 aliphatic heterocycles. The monoisotopic (exact) mass is 269 g/mol. The van der Waals surface area contributed by atoms with Crippen LogP contribution in [0.3, 0.4) is 0 Å². The van der Waals surface area contributed by atoms with Gasteiger partial charge >= 0.3 is 5.69 Å². The van der Waals surface area contributed by atoms with Gasteiger partial charge in [-0.3, -0.25) is 10.1 Å². The van der Waals surface area contributed by atoms with Crippen molar-refractivity contribution in [1.82, 2.24) is 9.97 Å². The average Bonchev–Trinajstić information content (AvgIpc) is 2.85. The van der Waals surface area contributed by atoms with Crippen molar-refractivity contribution >= 4 is 17.3 Å². The molecule has 1 fully saturated rings. The first-order valence-corrected chi connectivity index (χ1v) is 5.69. The van der Waals surface area contributed by atoms with E-state index in [0.717, 1.165) is 0 Å². The molecule has 0 aromatic carbocycles. The Morgan fingerprint density at radius 2 is 2.47 bits per heavy atom. The molecular formula is C10H15N5O4. The molecule has 0 spiro atoms. The fourth-order valence-electron chi connectivity index (χ4n) is 1.91. The van der Waals surface area contributed by atoms with Crippen LogP contribution in [0, 0.1) is 10.1 Å². The van der Waals surface area contributed by atoms with E-state index in [1.807, 2.05) is 0 Å². The zero-order chi connectivity index (χ0) is 13.9. The predicted molar refractivity (Wildman–Crippen MR) is 66.8 cm³/mol. The van der Waals surface area contributed by atoms with Gasteiger partial charge in [0.1, 0.15) is 11.9 Å². The van der Waals surface area contributed by atoms with Crippen molar-refractivity contribution in [2.24, 2.45) is 0 Å². The van der Waals surface area contributed by atoms with E-state index >= 15 is 0 Å². The molecule has 104 valence electrons. The minimum atomic E-state index is -0.609. The van der Waals surface area contributed by atoms with Gasteiger partial charge in [0.2, 0.25) is 11.6 Å². The van der Waals surface area contributed by atoms with E-state index in [2.05, 4.69) is 15.3 Å². The van der Waals surface area contributed by atoms with Gasteiger partial charge in [0, 0.05) is 26.7 Å². The third kappa shape index (κ3) is 2.71. The first-order chi connectivity index (χ1) is 9.08. The first kappa shape index (κ1) is 13.4. The lowest BCUT2D eigenvalue weighted by atomic mass is 10.0. The summed E-state index contributed by atoms with van der Waals surface area (Å²) >= 11 is 0. The van der Waals surface area contributed by atoms with Gasteiger partial charge in [0.05, 0.1) is 11.5 Å². The second-order valence-corrected chi connectivity index (χ2v) is 4.26. The van der Waals surface area contributed by atoms with Crippen molar-refractivity contribution in [2.75, 3.05) is 37.9 Å². The molecule has 1 aromatic rings. The zero-order valence-corrected chi connectivity index (χ0v) is 10.5. The van der Waals surface area contributed by atoms with Gasteiger partial charge < -0.3 is 20.5 Å². The van der Waals surface area contributed by atoms with Crippen LogP contribution >= 0.6 is 0 Å². The Bertz CT molecular complexity index is 475. The molecule has 1 aliphatic rings. The quantitative estimate of drug-likeness (QED) is 0.573. The van der Waals surface area contributed by atoms with E-state index in [1.165, 1.54) is 6.33 Å². The number of hydrogen-bond donors (Lipinski definition) is 2. The summed E-state index contributed by atoms with van der Waals surface area (Å²) in [7, 11) is 1.58. The smallest absolute Gasteiger partial charge is 0.352 e. The second-order valence-electron chi connectivity index (χ2n) is 4.26. The summed E-state index contributed by atoms with van der Waals surface area (Å²) in [5, 5.41) is 13.8. The summed E-state index contributed by atoms with van der Waals surface area (Å²) in [6.45, 7) is 1.38. The molecule has 9 heteroatoms. The van der Waals surface area contributed by atoms with Crippen molar-refractivity contribution < 1.29 is 14.4 Å². The Morgan fingerprint density at radius 1 is 1.68 bits per heavy atom. The maximum atomic E-state index is 10.9. The van der Waals surface area contributed by atoms with E-state index in [4.69, 9.17) is 15.2 Å². The van der Waals surface area contributed by atoms with Crippen LogP contribution < -0.4 is 11.1 Å². The summed E-state index contributed by atoms with van der Waals surface area (Å²) < 4.78 is 10.7. The molecule has 0 radical (unpaired) electrons. The predicted octanol–water partition coefficient (Wildman–Crippen LogP) is 0.184. The molecule has 1 unspecified atom stereocenters. The molecule has 1 aromatic heterocycles. The fourth-order valence-corrected chi connectivity index (χ4v) is 1.91. The van der Waals surface area contributed by atoms with Crippen molar-refractivity contribution in [1.29, 1.82) is 0 Å². The molecule has 0 amide bonds. The summed E-state index contributed by atoms with van der Waals surface area (Å²) in [6, 6.07) is 0. The summed E-state index contributed by atoms with van der Waals surface area (Å²) in [4.78, 5) is 17.8. The van der Waals surface area contributed by atoms with Crippen LogP contribution in [0.2, 0.25) is 0 Å². The van der Waals surface area contributed by atoms with E-state index in [9.17, 15) is 10.1 Å². The van der Waals surface area contributed by atoms with E-state index in [1.54, 1.807) is 7.11 Å². The molecule has 0 aliphatic carbocycles. The number of ether oxygens (including phenoxy) is 2. The molecule has 2 heterocycles. The maximum absolute atomic E-state index is 10.9. The summed E-state index contributed by atoms with van der Waals surface area (Å²) in [6.07, 6.45) is 1.89. The standard InChI is InChI=1S/C10H15N5O4/c1-18-10(2-3-19-5-10)4-12-9-7(15(16)17)8(11)13-6-14-9/h6H,2-5H2,1H3,(H3,11,12,13,14). The van der Waals surface area contributed by atoms with Crippen LogP contribution in [0.1, 0.15) is 6.42 Å². The highest BCUT2D eigenvalue weighted by atomic mass is 16.6. The largest absolute Gasteiger partial charge is 0.378 e.